The second kappa shape index (κ2) is 10.8. The number of carboxylic acid groups (broad SMARTS) is 1. The van der Waals surface area contributed by atoms with Gasteiger partial charge in [0, 0.05) is 11.9 Å². The lowest BCUT2D eigenvalue weighted by molar-refractivity contribution is -0.0000214. The fraction of sp³-hybridized carbons (Fsp3) is 0. The molecule has 0 radical (unpaired) electrons. The maximum absolute atomic E-state index is 11.3. The predicted molar refractivity (Wildman–Crippen MR) is 131 cm³/mol. The molecule has 0 aliphatic rings. The van der Waals surface area contributed by atoms with E-state index in [4.69, 9.17) is 0 Å². The lowest BCUT2D eigenvalue weighted by Crippen LogP contribution is -3.00. The summed E-state index contributed by atoms with van der Waals surface area (Å²) in [7, 11) is -2.08. The number of carboxylic acids is 1. The molecule has 4 rings (SSSR count). The zero-order chi connectivity index (χ0) is 21.5. The lowest BCUT2D eigenvalue weighted by Gasteiger charge is -2.24. The van der Waals surface area contributed by atoms with Gasteiger partial charge in [0.15, 0.2) is 0 Å². The van der Waals surface area contributed by atoms with Gasteiger partial charge in [0.1, 0.15) is 23.2 Å². The third-order valence-electron chi connectivity index (χ3n) is 5.15. The molecule has 0 aliphatic carbocycles. The van der Waals surface area contributed by atoms with Crippen molar-refractivity contribution in [3.05, 3.63) is 133 Å². The first kappa shape index (κ1) is 23.3. The molecule has 0 aromatic heterocycles. The first-order valence-electron chi connectivity index (χ1n) is 10.0. The monoisotopic (exact) mass is 459 g/mol. The fourth-order valence-corrected chi connectivity index (χ4v) is 7.32. The van der Waals surface area contributed by atoms with E-state index in [1.54, 1.807) is 18.2 Å². The Hall–Kier alpha value is -3.39. The highest BCUT2D eigenvalue weighted by Gasteiger charge is 2.43. The van der Waals surface area contributed by atoms with Crippen LogP contribution in [0.1, 0.15) is 10.4 Å². The molecule has 0 fully saturated rings. The number of aromatic carboxylic acids is 1. The molecular weight excluding hydrogens is 437 g/mol. The number of rotatable bonds is 7. The minimum absolute atomic E-state index is 0. The van der Waals surface area contributed by atoms with Crippen molar-refractivity contribution in [1.82, 2.24) is 0 Å². The van der Waals surface area contributed by atoms with Crippen LogP contribution in [-0.4, -0.2) is 11.1 Å². The number of benzene rings is 4. The Balaban J connectivity index is 0.00000289. The molecule has 0 unspecified atom stereocenters. The third kappa shape index (κ3) is 4.91. The van der Waals surface area contributed by atoms with Crippen molar-refractivity contribution in [2.75, 3.05) is 5.32 Å². The van der Waals surface area contributed by atoms with Gasteiger partial charge >= 0.3 is 5.97 Å². The first-order chi connectivity index (χ1) is 15.2. The summed E-state index contributed by atoms with van der Waals surface area (Å²) < 4.78 is 0. The summed E-state index contributed by atoms with van der Waals surface area (Å²) in [4.78, 5) is 11.3. The summed E-state index contributed by atoms with van der Waals surface area (Å²) in [6.45, 7) is 0. The second-order valence-electron chi connectivity index (χ2n) is 7.08. The molecule has 4 aromatic rings. The van der Waals surface area contributed by atoms with Crippen LogP contribution in [0.2, 0.25) is 0 Å². The minimum Gasteiger partial charge on any atom is -1.00 e. The number of hydrogen-bond acceptors (Lipinski definition) is 2. The van der Waals surface area contributed by atoms with Gasteiger partial charge in [-0.25, -0.2) is 4.79 Å². The van der Waals surface area contributed by atoms with Gasteiger partial charge in [-0.05, 0) is 54.6 Å². The van der Waals surface area contributed by atoms with E-state index in [1.165, 1.54) is 15.9 Å². The number of anilines is 1. The van der Waals surface area contributed by atoms with Gasteiger partial charge < -0.3 is 22.8 Å². The van der Waals surface area contributed by atoms with Crippen molar-refractivity contribution in [3.8, 4) is 0 Å². The molecule has 0 saturated carbocycles. The second-order valence-corrected chi connectivity index (χ2v) is 10.4. The van der Waals surface area contributed by atoms with Gasteiger partial charge in [-0.1, -0.05) is 60.7 Å². The molecule has 3 nitrogen and oxygen atoms in total. The number of hydrogen-bond donors (Lipinski definition) is 2. The predicted octanol–water partition coefficient (Wildman–Crippen LogP) is 2.27. The molecule has 0 spiro atoms. The minimum atomic E-state index is -2.08. The van der Waals surface area contributed by atoms with E-state index in [0.717, 1.165) is 5.69 Å². The molecular formula is C27H23ClNO2P. The zero-order valence-electron chi connectivity index (χ0n) is 17.3. The van der Waals surface area contributed by atoms with Crippen LogP contribution in [0, 0.1) is 0 Å². The summed E-state index contributed by atoms with van der Waals surface area (Å²) >= 11 is 0. The Morgan fingerprint density at radius 3 is 1.59 bits per heavy atom. The zero-order valence-corrected chi connectivity index (χ0v) is 19.0. The van der Waals surface area contributed by atoms with Gasteiger partial charge in [-0.15, -0.1) is 0 Å². The van der Waals surface area contributed by atoms with Gasteiger partial charge in [0.25, 0.3) is 0 Å². The first-order valence-corrected chi connectivity index (χ1v) is 11.9. The standard InChI is InChI=1S/C27H22NO2P.ClH/c29-27(30)22-11-10-12-23(21-22)28-19-20-31(24-13-4-1-5-14-24,25-15-6-2-7-16-25)26-17-8-3-9-18-26;/h1-21,28H;1H. The number of carbonyl (C=O) groups is 1. The average Bonchev–Trinajstić information content (AvgIpc) is 2.84. The highest BCUT2D eigenvalue weighted by atomic mass is 35.5. The van der Waals surface area contributed by atoms with Crippen molar-refractivity contribution in [2.24, 2.45) is 0 Å². The topological polar surface area (TPSA) is 49.3 Å². The Bertz CT molecular complexity index is 1090. The summed E-state index contributed by atoms with van der Waals surface area (Å²) in [6, 6.07) is 38.5. The van der Waals surface area contributed by atoms with E-state index in [-0.39, 0.29) is 18.0 Å². The summed E-state index contributed by atoms with van der Waals surface area (Å²) in [5.41, 5.74) is 0.997. The van der Waals surface area contributed by atoms with E-state index < -0.39 is 13.2 Å². The van der Waals surface area contributed by atoms with E-state index in [1.807, 2.05) is 30.5 Å². The summed E-state index contributed by atoms with van der Waals surface area (Å²) in [6.07, 6.45) is 1.95. The van der Waals surface area contributed by atoms with Crippen LogP contribution in [0.3, 0.4) is 0 Å². The van der Waals surface area contributed by atoms with Crippen LogP contribution in [0.5, 0.6) is 0 Å². The molecule has 0 bridgehead atoms. The van der Waals surface area contributed by atoms with Crippen molar-refractivity contribution < 1.29 is 22.3 Å². The highest BCUT2D eigenvalue weighted by Crippen LogP contribution is 2.56. The number of halogens is 1. The van der Waals surface area contributed by atoms with Crippen LogP contribution in [0.15, 0.2) is 127 Å². The van der Waals surface area contributed by atoms with Gasteiger partial charge in [0.2, 0.25) is 0 Å². The van der Waals surface area contributed by atoms with Crippen LogP contribution in [0.4, 0.5) is 5.69 Å². The highest BCUT2D eigenvalue weighted by molar-refractivity contribution is 7.98. The molecule has 0 aliphatic heterocycles. The quantitative estimate of drug-likeness (QED) is 0.417. The molecule has 0 heterocycles. The van der Waals surface area contributed by atoms with Gasteiger partial charge in [-0.3, -0.25) is 0 Å². The Morgan fingerprint density at radius 1 is 0.688 bits per heavy atom. The maximum Gasteiger partial charge on any atom is 0.335 e. The Morgan fingerprint density at radius 2 is 1.16 bits per heavy atom. The van der Waals surface area contributed by atoms with Crippen molar-refractivity contribution in [3.63, 3.8) is 0 Å². The normalized spacial score (nSPS) is 11.0. The van der Waals surface area contributed by atoms with E-state index in [0.29, 0.717) is 0 Å². The van der Waals surface area contributed by atoms with Crippen LogP contribution >= 0.6 is 7.26 Å². The summed E-state index contributed by atoms with van der Waals surface area (Å²) in [5.74, 6) is 1.31. The summed E-state index contributed by atoms with van der Waals surface area (Å²) in [5, 5.41) is 16.3. The maximum atomic E-state index is 11.3. The third-order valence-corrected chi connectivity index (χ3v) is 9.08. The molecule has 2 N–H and O–H groups in total. The van der Waals surface area contributed by atoms with Crippen molar-refractivity contribution in [2.45, 2.75) is 0 Å². The van der Waals surface area contributed by atoms with Crippen LogP contribution < -0.4 is 33.6 Å². The molecule has 4 aromatic carbocycles. The Labute approximate surface area is 195 Å². The largest absolute Gasteiger partial charge is 1.00 e. The van der Waals surface area contributed by atoms with Crippen molar-refractivity contribution in [1.29, 1.82) is 0 Å². The smallest absolute Gasteiger partial charge is 0.335 e. The molecule has 0 saturated heterocycles. The molecule has 5 heteroatoms. The van der Waals surface area contributed by atoms with Gasteiger partial charge in [-0.2, -0.15) is 0 Å². The van der Waals surface area contributed by atoms with Gasteiger partial charge in [0.05, 0.1) is 11.4 Å². The molecule has 160 valence electrons. The average molecular weight is 460 g/mol. The molecule has 32 heavy (non-hydrogen) atoms. The fourth-order valence-electron chi connectivity index (χ4n) is 3.68. The van der Waals surface area contributed by atoms with E-state index in [9.17, 15) is 9.90 Å². The lowest BCUT2D eigenvalue weighted by atomic mass is 10.2. The SMILES string of the molecule is O=C(O)c1cccc(NC=C[P+](c2ccccc2)(c2ccccc2)c2ccccc2)c1.[Cl-]. The number of nitrogens with one attached hydrogen (secondary N) is 1. The molecule has 0 amide bonds. The van der Waals surface area contributed by atoms with E-state index >= 15 is 0 Å². The van der Waals surface area contributed by atoms with Crippen molar-refractivity contribution >= 4 is 34.8 Å². The Kier molecular flexibility index (Phi) is 7.83. The van der Waals surface area contributed by atoms with E-state index in [2.05, 4.69) is 83.9 Å². The molecule has 0 atom stereocenters. The van der Waals surface area contributed by atoms with Crippen LogP contribution in [-0.2, 0) is 0 Å². The van der Waals surface area contributed by atoms with Crippen LogP contribution in [0.25, 0.3) is 0 Å².